The van der Waals surface area contributed by atoms with Crippen LogP contribution in [0.5, 0.6) is 0 Å². The predicted molar refractivity (Wildman–Crippen MR) is 81.8 cm³/mol. The second-order valence-electron chi connectivity index (χ2n) is 4.67. The minimum Gasteiger partial charge on any atom is -0.354 e. The Morgan fingerprint density at radius 2 is 1.95 bits per heavy atom. The molecule has 0 unspecified atom stereocenters. The first-order valence-electron chi connectivity index (χ1n) is 6.38. The SMILES string of the molecule is CNC(=O)c1sc2ncccc2c1-n1c(C)ccc1C. The minimum atomic E-state index is -0.0736. The van der Waals surface area contributed by atoms with Crippen LogP contribution in [-0.2, 0) is 0 Å². The third-order valence-electron chi connectivity index (χ3n) is 3.37. The lowest BCUT2D eigenvalue weighted by Gasteiger charge is -2.10. The van der Waals surface area contributed by atoms with Crippen molar-refractivity contribution in [3.05, 3.63) is 46.7 Å². The monoisotopic (exact) mass is 285 g/mol. The van der Waals surface area contributed by atoms with Crippen molar-refractivity contribution in [3.63, 3.8) is 0 Å². The Labute approximate surface area is 121 Å². The van der Waals surface area contributed by atoms with Crippen LogP contribution in [0.15, 0.2) is 30.5 Å². The van der Waals surface area contributed by atoms with Gasteiger partial charge in [0.1, 0.15) is 9.71 Å². The summed E-state index contributed by atoms with van der Waals surface area (Å²) in [4.78, 5) is 18.1. The fourth-order valence-electron chi connectivity index (χ4n) is 2.43. The fourth-order valence-corrected chi connectivity index (χ4v) is 3.50. The number of carbonyl (C=O) groups excluding carboxylic acids is 1. The van der Waals surface area contributed by atoms with Gasteiger partial charge in [-0.25, -0.2) is 4.98 Å². The number of rotatable bonds is 2. The number of thiophene rings is 1. The first-order valence-corrected chi connectivity index (χ1v) is 7.20. The normalized spacial score (nSPS) is 10.9. The summed E-state index contributed by atoms with van der Waals surface area (Å²) in [6.45, 7) is 4.08. The molecule has 1 N–H and O–H groups in total. The van der Waals surface area contributed by atoms with Crippen molar-refractivity contribution in [1.29, 1.82) is 0 Å². The maximum Gasteiger partial charge on any atom is 0.263 e. The van der Waals surface area contributed by atoms with Crippen LogP contribution >= 0.6 is 11.3 Å². The predicted octanol–water partition coefficient (Wildman–Crippen LogP) is 3.06. The highest BCUT2D eigenvalue weighted by Crippen LogP contribution is 2.34. The summed E-state index contributed by atoms with van der Waals surface area (Å²) in [5.41, 5.74) is 3.14. The van der Waals surface area contributed by atoms with E-state index in [9.17, 15) is 4.79 Å². The molecule has 0 bridgehead atoms. The van der Waals surface area contributed by atoms with Crippen LogP contribution in [-0.4, -0.2) is 22.5 Å². The van der Waals surface area contributed by atoms with Crippen LogP contribution < -0.4 is 5.32 Å². The van der Waals surface area contributed by atoms with E-state index in [-0.39, 0.29) is 5.91 Å². The zero-order valence-electron chi connectivity index (χ0n) is 11.6. The highest BCUT2D eigenvalue weighted by Gasteiger charge is 2.21. The van der Waals surface area contributed by atoms with Gasteiger partial charge >= 0.3 is 0 Å². The Balaban J connectivity index is 2.41. The van der Waals surface area contributed by atoms with Crippen molar-refractivity contribution >= 4 is 27.5 Å². The second kappa shape index (κ2) is 4.76. The van der Waals surface area contributed by atoms with E-state index in [0.717, 1.165) is 27.3 Å². The van der Waals surface area contributed by atoms with Crippen LogP contribution in [0.2, 0.25) is 0 Å². The average Bonchev–Trinajstić information content (AvgIpc) is 2.98. The molecule has 0 aliphatic carbocycles. The number of carbonyl (C=O) groups is 1. The summed E-state index contributed by atoms with van der Waals surface area (Å²) in [5, 5.41) is 3.73. The molecular formula is C15H15N3OS. The Morgan fingerprint density at radius 1 is 1.25 bits per heavy atom. The van der Waals surface area contributed by atoms with E-state index in [2.05, 4.69) is 27.0 Å². The molecule has 3 aromatic rings. The molecule has 3 rings (SSSR count). The lowest BCUT2D eigenvalue weighted by Crippen LogP contribution is -2.18. The summed E-state index contributed by atoms with van der Waals surface area (Å²) in [7, 11) is 1.65. The van der Waals surface area contributed by atoms with Gasteiger partial charge in [0.25, 0.3) is 5.91 Å². The molecule has 4 nitrogen and oxygen atoms in total. The minimum absolute atomic E-state index is 0.0736. The average molecular weight is 285 g/mol. The highest BCUT2D eigenvalue weighted by atomic mass is 32.1. The molecule has 1 amide bonds. The molecule has 0 saturated heterocycles. The van der Waals surface area contributed by atoms with E-state index in [1.54, 1.807) is 13.2 Å². The second-order valence-corrected chi connectivity index (χ2v) is 5.67. The standard InChI is InChI=1S/C15H15N3OS/c1-9-6-7-10(2)18(9)12-11-5-4-8-17-15(11)20-13(12)14(19)16-3/h4-8H,1-3H3,(H,16,19). The van der Waals surface area contributed by atoms with Crippen LogP contribution in [0, 0.1) is 13.8 Å². The summed E-state index contributed by atoms with van der Waals surface area (Å²) >= 11 is 1.43. The number of amides is 1. The van der Waals surface area contributed by atoms with E-state index in [4.69, 9.17) is 0 Å². The summed E-state index contributed by atoms with van der Waals surface area (Å²) in [5.74, 6) is -0.0736. The fraction of sp³-hybridized carbons (Fsp3) is 0.200. The van der Waals surface area contributed by atoms with E-state index in [1.165, 1.54) is 11.3 Å². The topological polar surface area (TPSA) is 46.9 Å². The van der Waals surface area contributed by atoms with Gasteiger partial charge in [-0.15, -0.1) is 11.3 Å². The van der Waals surface area contributed by atoms with Crippen molar-refractivity contribution in [2.45, 2.75) is 13.8 Å². The first kappa shape index (κ1) is 12.9. The third kappa shape index (κ3) is 1.82. The number of hydrogen-bond donors (Lipinski definition) is 1. The molecule has 3 aromatic heterocycles. The van der Waals surface area contributed by atoms with E-state index >= 15 is 0 Å². The number of pyridine rings is 1. The summed E-state index contributed by atoms with van der Waals surface area (Å²) in [6, 6.07) is 8.03. The molecule has 0 fully saturated rings. The van der Waals surface area contributed by atoms with Gasteiger partial charge in [0.05, 0.1) is 5.69 Å². The highest BCUT2D eigenvalue weighted by molar-refractivity contribution is 7.21. The van der Waals surface area contributed by atoms with Crippen molar-refractivity contribution < 1.29 is 4.79 Å². The zero-order chi connectivity index (χ0) is 14.3. The van der Waals surface area contributed by atoms with Gasteiger partial charge in [-0.05, 0) is 38.1 Å². The van der Waals surface area contributed by atoms with Crippen molar-refractivity contribution in [2.75, 3.05) is 7.05 Å². The van der Waals surface area contributed by atoms with E-state index in [0.29, 0.717) is 4.88 Å². The van der Waals surface area contributed by atoms with Crippen molar-refractivity contribution in [2.24, 2.45) is 0 Å². The van der Waals surface area contributed by atoms with Crippen molar-refractivity contribution in [1.82, 2.24) is 14.9 Å². The number of aromatic nitrogens is 2. The molecule has 0 aliphatic rings. The van der Waals surface area contributed by atoms with Gasteiger partial charge in [-0.2, -0.15) is 0 Å². The smallest absolute Gasteiger partial charge is 0.263 e. The number of hydrogen-bond acceptors (Lipinski definition) is 3. The molecule has 5 heteroatoms. The van der Waals surface area contributed by atoms with Crippen LogP contribution in [0.25, 0.3) is 15.9 Å². The van der Waals surface area contributed by atoms with Gasteiger partial charge in [0, 0.05) is 30.0 Å². The third-order valence-corrected chi connectivity index (χ3v) is 4.47. The van der Waals surface area contributed by atoms with Crippen molar-refractivity contribution in [3.8, 4) is 5.69 Å². The van der Waals surface area contributed by atoms with Gasteiger partial charge in [0.15, 0.2) is 0 Å². The van der Waals surface area contributed by atoms with Crippen LogP contribution in [0.3, 0.4) is 0 Å². The zero-order valence-corrected chi connectivity index (χ0v) is 12.4. The molecule has 0 aliphatic heterocycles. The van der Waals surface area contributed by atoms with Gasteiger partial charge in [0.2, 0.25) is 0 Å². The molecule has 0 spiro atoms. The Hall–Kier alpha value is -2.14. The largest absolute Gasteiger partial charge is 0.354 e. The Kier molecular flexibility index (Phi) is 3.06. The Bertz CT molecular complexity index is 781. The van der Waals surface area contributed by atoms with Gasteiger partial charge < -0.3 is 9.88 Å². The quantitative estimate of drug-likeness (QED) is 0.786. The maximum atomic E-state index is 12.2. The number of aryl methyl sites for hydroxylation is 2. The molecular weight excluding hydrogens is 270 g/mol. The molecule has 3 heterocycles. The molecule has 102 valence electrons. The number of fused-ring (bicyclic) bond motifs is 1. The molecule has 0 aromatic carbocycles. The maximum absolute atomic E-state index is 12.2. The number of nitrogens with one attached hydrogen (secondary N) is 1. The summed E-state index contributed by atoms with van der Waals surface area (Å²) < 4.78 is 2.12. The van der Waals surface area contributed by atoms with Crippen LogP contribution in [0.1, 0.15) is 21.1 Å². The van der Waals surface area contributed by atoms with E-state index in [1.807, 2.05) is 26.0 Å². The lowest BCUT2D eigenvalue weighted by atomic mass is 10.2. The van der Waals surface area contributed by atoms with Crippen LogP contribution in [0.4, 0.5) is 0 Å². The molecule has 0 radical (unpaired) electrons. The van der Waals surface area contributed by atoms with E-state index < -0.39 is 0 Å². The van der Waals surface area contributed by atoms with Gasteiger partial charge in [-0.3, -0.25) is 4.79 Å². The first-order chi connectivity index (χ1) is 9.63. The lowest BCUT2D eigenvalue weighted by molar-refractivity contribution is 0.0967. The Morgan fingerprint density at radius 3 is 2.60 bits per heavy atom. The molecule has 0 saturated carbocycles. The molecule has 20 heavy (non-hydrogen) atoms. The van der Waals surface area contributed by atoms with Gasteiger partial charge in [-0.1, -0.05) is 0 Å². The summed E-state index contributed by atoms with van der Waals surface area (Å²) in [6.07, 6.45) is 1.76. The molecule has 0 atom stereocenters. The number of nitrogens with zero attached hydrogens (tertiary/aromatic N) is 2.